The quantitative estimate of drug-likeness (QED) is 0.335. The van der Waals surface area contributed by atoms with Gasteiger partial charge >= 0.3 is 10.4 Å². The van der Waals surface area contributed by atoms with E-state index < -0.39 is 53.6 Å². The first kappa shape index (κ1) is 16.2. The highest BCUT2D eigenvalue weighted by Crippen LogP contribution is 2.23. The predicted molar refractivity (Wildman–Crippen MR) is 58.0 cm³/mol. The van der Waals surface area contributed by atoms with Gasteiger partial charge in [0.1, 0.15) is 24.4 Å². The van der Waals surface area contributed by atoms with Crippen LogP contribution in [0.5, 0.6) is 0 Å². The van der Waals surface area contributed by atoms with Crippen LogP contribution < -0.4 is 5.32 Å². The Morgan fingerprint density at radius 2 is 2.00 bits per heavy atom. The molecule has 0 spiro atoms. The van der Waals surface area contributed by atoms with E-state index in [-0.39, 0.29) is 0 Å². The Morgan fingerprint density at radius 1 is 1.42 bits per heavy atom. The number of carbonyl (C=O) groups is 1. The van der Waals surface area contributed by atoms with Crippen molar-refractivity contribution in [3.05, 3.63) is 0 Å². The van der Waals surface area contributed by atoms with Crippen molar-refractivity contribution in [1.29, 1.82) is 0 Å². The van der Waals surface area contributed by atoms with Crippen LogP contribution in [-0.4, -0.2) is 71.4 Å². The summed E-state index contributed by atoms with van der Waals surface area (Å²) in [5.41, 5.74) is 0. The van der Waals surface area contributed by atoms with Gasteiger partial charge in [-0.2, -0.15) is 8.42 Å². The fraction of sp³-hybridized carbons (Fsp3) is 0.875. The Balaban J connectivity index is 2.94. The van der Waals surface area contributed by atoms with Crippen molar-refractivity contribution in [2.45, 2.75) is 37.6 Å². The minimum Gasteiger partial charge on any atom is -0.394 e. The largest absolute Gasteiger partial charge is 0.397 e. The number of hydrogen-bond acceptors (Lipinski definition) is 8. The van der Waals surface area contributed by atoms with Crippen LogP contribution in [0.1, 0.15) is 6.92 Å². The van der Waals surface area contributed by atoms with Crippen LogP contribution in [0.25, 0.3) is 0 Å². The minimum absolute atomic E-state index is 0.611. The van der Waals surface area contributed by atoms with Crippen LogP contribution in [0, 0.1) is 0 Å². The molecule has 0 aromatic rings. The molecule has 0 aromatic carbocycles. The first-order valence-corrected chi connectivity index (χ1v) is 6.57. The second-order valence-electron chi connectivity index (χ2n) is 3.95. The lowest BCUT2D eigenvalue weighted by Crippen LogP contribution is -2.64. The van der Waals surface area contributed by atoms with Crippen molar-refractivity contribution >= 4 is 16.3 Å². The molecule has 1 heterocycles. The number of aliphatic hydroxyl groups is 3. The highest BCUT2D eigenvalue weighted by atomic mass is 32.3. The summed E-state index contributed by atoms with van der Waals surface area (Å²) >= 11 is 0. The van der Waals surface area contributed by atoms with Gasteiger partial charge in [0.05, 0.1) is 6.61 Å². The number of aliphatic hydroxyl groups excluding tert-OH is 3. The molecule has 1 aliphatic heterocycles. The third-order valence-electron chi connectivity index (χ3n) is 2.47. The molecule has 0 radical (unpaired) electrons. The lowest BCUT2D eigenvalue weighted by Gasteiger charge is -2.41. The van der Waals surface area contributed by atoms with E-state index in [1.807, 2.05) is 0 Å². The first-order chi connectivity index (χ1) is 8.65. The summed E-state index contributed by atoms with van der Waals surface area (Å²) in [7, 11) is -4.91. The zero-order valence-corrected chi connectivity index (χ0v) is 10.6. The van der Waals surface area contributed by atoms with Gasteiger partial charge in [0, 0.05) is 6.92 Å². The maximum atomic E-state index is 10.9. The van der Waals surface area contributed by atoms with E-state index in [0.29, 0.717) is 0 Å². The van der Waals surface area contributed by atoms with Crippen LogP contribution >= 0.6 is 0 Å². The van der Waals surface area contributed by atoms with Crippen molar-refractivity contribution in [1.82, 2.24) is 5.32 Å². The first-order valence-electron chi connectivity index (χ1n) is 5.21. The lowest BCUT2D eigenvalue weighted by atomic mass is 9.97. The van der Waals surface area contributed by atoms with Gasteiger partial charge in [-0.25, -0.2) is 4.18 Å². The molecule has 10 nitrogen and oxygen atoms in total. The molecule has 1 saturated heterocycles. The van der Waals surface area contributed by atoms with E-state index in [0.717, 1.165) is 6.92 Å². The fourth-order valence-corrected chi connectivity index (χ4v) is 2.25. The molecule has 1 fully saturated rings. The monoisotopic (exact) mass is 301 g/mol. The number of amides is 1. The van der Waals surface area contributed by atoms with Crippen molar-refractivity contribution in [3.63, 3.8) is 0 Å². The average Bonchev–Trinajstić information content (AvgIpc) is 2.26. The lowest BCUT2D eigenvalue weighted by molar-refractivity contribution is -0.248. The van der Waals surface area contributed by atoms with Crippen molar-refractivity contribution < 1.29 is 42.0 Å². The second-order valence-corrected chi connectivity index (χ2v) is 5.00. The number of nitrogens with one attached hydrogen (secondary N) is 1. The predicted octanol–water partition coefficient (Wildman–Crippen LogP) is -3.25. The maximum absolute atomic E-state index is 10.9. The highest BCUT2D eigenvalue weighted by Gasteiger charge is 2.47. The van der Waals surface area contributed by atoms with E-state index >= 15 is 0 Å². The minimum atomic E-state index is -4.91. The third kappa shape index (κ3) is 4.35. The van der Waals surface area contributed by atoms with E-state index in [1.165, 1.54) is 0 Å². The number of rotatable bonds is 4. The van der Waals surface area contributed by atoms with Crippen LogP contribution in [0.4, 0.5) is 0 Å². The Hall–Kier alpha value is -0.820. The molecule has 2 unspecified atom stereocenters. The smallest absolute Gasteiger partial charge is 0.394 e. The molecule has 0 bridgehead atoms. The molecule has 5 atom stereocenters. The molecule has 11 heteroatoms. The van der Waals surface area contributed by atoms with Crippen molar-refractivity contribution in [3.8, 4) is 0 Å². The molecule has 0 aromatic heterocycles. The molecular formula is C8H15NO9S. The van der Waals surface area contributed by atoms with Gasteiger partial charge in [-0.1, -0.05) is 0 Å². The second kappa shape index (κ2) is 6.09. The zero-order valence-electron chi connectivity index (χ0n) is 9.83. The Bertz CT molecular complexity index is 424. The summed E-state index contributed by atoms with van der Waals surface area (Å²) in [6.07, 6.45) is -6.46. The molecule has 1 amide bonds. The summed E-state index contributed by atoms with van der Waals surface area (Å²) in [6, 6.07) is -1.37. The molecule has 5 N–H and O–H groups in total. The number of carbonyl (C=O) groups excluding carboxylic acids is 1. The van der Waals surface area contributed by atoms with Gasteiger partial charge in [0.2, 0.25) is 5.91 Å². The summed E-state index contributed by atoms with van der Waals surface area (Å²) in [5, 5.41) is 30.5. The number of ether oxygens (including phenoxy) is 1. The summed E-state index contributed by atoms with van der Waals surface area (Å²) < 4.78 is 38.9. The average molecular weight is 301 g/mol. The molecular weight excluding hydrogens is 286 g/mol. The normalized spacial score (nSPS) is 35.9. The topological polar surface area (TPSA) is 163 Å². The zero-order chi connectivity index (χ0) is 14.8. The van der Waals surface area contributed by atoms with Crippen molar-refractivity contribution in [2.75, 3.05) is 6.61 Å². The van der Waals surface area contributed by atoms with Crippen LogP contribution in [0.2, 0.25) is 0 Å². The van der Waals surface area contributed by atoms with Gasteiger partial charge < -0.3 is 25.4 Å². The SMILES string of the molecule is CC(=O)NC1[C@H](O)OC(CO)[C@H](OS(=O)(=O)O)[C@@H]1O. The highest BCUT2D eigenvalue weighted by molar-refractivity contribution is 7.80. The molecule has 1 aliphatic rings. The van der Waals surface area contributed by atoms with Gasteiger partial charge in [-0.05, 0) is 0 Å². The van der Waals surface area contributed by atoms with E-state index in [9.17, 15) is 23.4 Å². The van der Waals surface area contributed by atoms with E-state index in [4.69, 9.17) is 14.4 Å². The maximum Gasteiger partial charge on any atom is 0.397 e. The van der Waals surface area contributed by atoms with Crippen LogP contribution in [0.3, 0.4) is 0 Å². The Labute approximate surface area is 108 Å². The molecule has 0 saturated carbocycles. The number of hydrogen-bond donors (Lipinski definition) is 5. The van der Waals surface area contributed by atoms with Gasteiger partial charge in [0.15, 0.2) is 6.29 Å². The molecule has 0 aliphatic carbocycles. The van der Waals surface area contributed by atoms with E-state index in [2.05, 4.69) is 9.50 Å². The Kier molecular flexibility index (Phi) is 5.20. The van der Waals surface area contributed by atoms with E-state index in [1.54, 1.807) is 0 Å². The Morgan fingerprint density at radius 3 is 2.42 bits per heavy atom. The summed E-state index contributed by atoms with van der Waals surface area (Å²) in [5.74, 6) is -0.611. The van der Waals surface area contributed by atoms with Gasteiger partial charge in [-0.3, -0.25) is 9.35 Å². The molecule has 19 heavy (non-hydrogen) atoms. The molecule has 1 rings (SSSR count). The third-order valence-corrected chi connectivity index (χ3v) is 2.94. The molecule has 112 valence electrons. The fourth-order valence-electron chi connectivity index (χ4n) is 1.73. The van der Waals surface area contributed by atoms with Crippen LogP contribution in [0.15, 0.2) is 0 Å². The summed E-state index contributed by atoms with van der Waals surface area (Å²) in [6.45, 7) is 0.331. The summed E-state index contributed by atoms with van der Waals surface area (Å²) in [4.78, 5) is 10.9. The van der Waals surface area contributed by atoms with Gasteiger partial charge in [0.25, 0.3) is 0 Å². The van der Waals surface area contributed by atoms with Crippen LogP contribution in [-0.2, 0) is 24.1 Å². The van der Waals surface area contributed by atoms with Crippen molar-refractivity contribution in [2.24, 2.45) is 0 Å². The van der Waals surface area contributed by atoms with Gasteiger partial charge in [-0.15, -0.1) is 0 Å². The standard InChI is InChI=1S/C8H15NO9S/c1-3(11)9-5-6(12)7(18-19(14,15)16)4(2-10)17-8(5)13/h4-8,10,12-13H,2H2,1H3,(H,9,11)(H,14,15,16)/t4?,5?,6-,7+,8-/m1/s1.